The number of aromatic nitrogens is 2. The van der Waals surface area contributed by atoms with E-state index in [1.54, 1.807) is 7.11 Å². The van der Waals surface area contributed by atoms with Crippen LogP contribution in [0.1, 0.15) is 92.2 Å². The summed E-state index contributed by atoms with van der Waals surface area (Å²) in [4.78, 5) is 14.1. The lowest BCUT2D eigenvalue weighted by molar-refractivity contribution is 0.292. The van der Waals surface area contributed by atoms with E-state index in [1.165, 1.54) is 43.2 Å². The highest BCUT2D eigenvalue weighted by atomic mass is 19.1. The maximum atomic E-state index is 12.6. The molecule has 0 radical (unpaired) electrons. The second kappa shape index (κ2) is 12.1. The molecular formula is C31H43FN6O. The van der Waals surface area contributed by atoms with Gasteiger partial charge in [0.25, 0.3) is 0 Å². The molecule has 2 N–H and O–H groups in total. The van der Waals surface area contributed by atoms with E-state index in [0.29, 0.717) is 35.9 Å². The van der Waals surface area contributed by atoms with Gasteiger partial charge in [-0.2, -0.15) is 15.2 Å². The van der Waals surface area contributed by atoms with Gasteiger partial charge in [0.1, 0.15) is 18.1 Å². The van der Waals surface area contributed by atoms with Crippen molar-refractivity contribution in [3.05, 3.63) is 40.1 Å². The molecule has 7 nitrogen and oxygen atoms in total. The number of halogens is 1. The standard InChI is InChI=1S/C24H31N5O.C7H12FN/c1-4-6-15-10-12-20(26)19(14-25)22(15)16-9-11-18-21(13-16)27-24(30-3)28-23(18)29(2)17-7-5-8-17;8-6-4-7-2-1-3-9(7)5-6/h10,12,16-17H,4-9,11,13,26H2,1-3H3;6-7H,1-5H2. The summed E-state index contributed by atoms with van der Waals surface area (Å²) in [5.74, 6) is 1.25. The number of alkyl halides is 1. The van der Waals surface area contributed by atoms with Crippen LogP contribution in [0, 0.1) is 11.3 Å². The van der Waals surface area contributed by atoms with Crippen molar-refractivity contribution in [3.63, 3.8) is 0 Å². The normalized spacial score (nSPS) is 24.1. The largest absolute Gasteiger partial charge is 0.467 e. The first kappa shape index (κ1) is 27.6. The van der Waals surface area contributed by atoms with Crippen LogP contribution in [0.2, 0.25) is 0 Å². The molecule has 6 rings (SSSR count). The molecule has 2 aliphatic carbocycles. The van der Waals surface area contributed by atoms with Crippen molar-refractivity contribution in [2.45, 2.75) is 102 Å². The molecular weight excluding hydrogens is 491 g/mol. The number of fused-ring (bicyclic) bond motifs is 2. The monoisotopic (exact) mass is 534 g/mol. The fourth-order valence-electron chi connectivity index (χ4n) is 6.94. The van der Waals surface area contributed by atoms with E-state index >= 15 is 0 Å². The first-order valence-corrected chi connectivity index (χ1v) is 14.8. The zero-order valence-electron chi connectivity index (χ0n) is 23.8. The molecule has 3 unspecified atom stereocenters. The minimum absolute atomic E-state index is 0.235. The number of aryl methyl sites for hydroxylation is 1. The van der Waals surface area contributed by atoms with E-state index in [0.717, 1.165) is 62.1 Å². The Morgan fingerprint density at radius 2 is 2.03 bits per heavy atom. The molecule has 0 amide bonds. The Kier molecular flexibility index (Phi) is 8.56. The van der Waals surface area contributed by atoms with E-state index < -0.39 is 6.17 Å². The van der Waals surface area contributed by atoms with E-state index in [-0.39, 0.29) is 5.92 Å². The van der Waals surface area contributed by atoms with Crippen LogP contribution >= 0.6 is 0 Å². The number of hydrogen-bond donors (Lipinski definition) is 1. The highest BCUT2D eigenvalue weighted by Crippen LogP contribution is 2.41. The zero-order chi connectivity index (χ0) is 27.5. The predicted octanol–water partition coefficient (Wildman–Crippen LogP) is 5.35. The molecule has 210 valence electrons. The number of rotatable bonds is 6. The predicted molar refractivity (Wildman–Crippen MR) is 153 cm³/mol. The highest BCUT2D eigenvalue weighted by Gasteiger charge is 2.35. The number of benzene rings is 1. The minimum Gasteiger partial charge on any atom is -0.467 e. The second-order valence-corrected chi connectivity index (χ2v) is 11.7. The van der Waals surface area contributed by atoms with Gasteiger partial charge in [-0.1, -0.05) is 19.4 Å². The molecule has 2 aliphatic heterocycles. The fraction of sp³-hybridized carbons (Fsp3) is 0.645. The van der Waals surface area contributed by atoms with Gasteiger partial charge in [0.05, 0.1) is 18.4 Å². The van der Waals surface area contributed by atoms with Gasteiger partial charge in [-0.15, -0.1) is 0 Å². The van der Waals surface area contributed by atoms with E-state index in [2.05, 4.69) is 35.9 Å². The maximum absolute atomic E-state index is 12.6. The highest BCUT2D eigenvalue weighted by molar-refractivity contribution is 5.62. The van der Waals surface area contributed by atoms with Crippen molar-refractivity contribution in [2.24, 2.45) is 0 Å². The first-order chi connectivity index (χ1) is 18.9. The van der Waals surface area contributed by atoms with Crippen LogP contribution in [-0.4, -0.2) is 60.4 Å². The number of anilines is 2. The van der Waals surface area contributed by atoms with Gasteiger partial charge in [-0.3, -0.25) is 4.90 Å². The summed E-state index contributed by atoms with van der Waals surface area (Å²) in [6.45, 7) is 4.03. The Balaban J connectivity index is 0.000000287. The number of nitrogens with zero attached hydrogens (tertiary/aromatic N) is 5. The third-order valence-corrected chi connectivity index (χ3v) is 9.24. The Bertz CT molecular complexity index is 1200. The zero-order valence-corrected chi connectivity index (χ0v) is 23.8. The minimum atomic E-state index is -0.518. The van der Waals surface area contributed by atoms with Crippen molar-refractivity contribution >= 4 is 11.5 Å². The molecule has 2 aromatic rings. The number of nitrogens with two attached hydrogens (primary N) is 1. The van der Waals surface area contributed by atoms with Crippen molar-refractivity contribution in [3.8, 4) is 12.1 Å². The fourth-order valence-corrected chi connectivity index (χ4v) is 6.94. The maximum Gasteiger partial charge on any atom is 0.318 e. The van der Waals surface area contributed by atoms with Crippen LogP contribution in [-0.2, 0) is 19.3 Å². The molecule has 1 saturated carbocycles. The van der Waals surface area contributed by atoms with E-state index in [1.807, 2.05) is 6.07 Å². The van der Waals surface area contributed by atoms with Crippen molar-refractivity contribution in [1.29, 1.82) is 5.26 Å². The van der Waals surface area contributed by atoms with Gasteiger partial charge in [-0.25, -0.2) is 4.39 Å². The Morgan fingerprint density at radius 3 is 2.69 bits per heavy atom. The van der Waals surface area contributed by atoms with Gasteiger partial charge >= 0.3 is 6.01 Å². The Labute approximate surface area is 232 Å². The van der Waals surface area contributed by atoms with Crippen LogP contribution in [0.15, 0.2) is 12.1 Å². The molecule has 1 aromatic carbocycles. The SMILES string of the molecule is CCCc1ccc(N)c(C#N)c1C1CCc2c(nc(OC)nc2N(C)C2CCC2)C1.FC1CC2CCCN2C1. The summed E-state index contributed by atoms with van der Waals surface area (Å²) in [7, 11) is 3.77. The average molecular weight is 535 g/mol. The summed E-state index contributed by atoms with van der Waals surface area (Å²) < 4.78 is 18.1. The van der Waals surface area contributed by atoms with Crippen LogP contribution in [0.5, 0.6) is 6.01 Å². The lowest BCUT2D eigenvalue weighted by atomic mass is 9.77. The molecule has 1 aromatic heterocycles. The molecule has 3 heterocycles. The van der Waals surface area contributed by atoms with Gasteiger partial charge in [0, 0.05) is 36.9 Å². The molecule has 39 heavy (non-hydrogen) atoms. The number of ether oxygens (including phenoxy) is 1. The van der Waals surface area contributed by atoms with Crippen molar-refractivity contribution in [1.82, 2.24) is 14.9 Å². The average Bonchev–Trinajstić information content (AvgIpc) is 3.48. The van der Waals surface area contributed by atoms with Crippen LogP contribution in [0.25, 0.3) is 0 Å². The molecule has 3 fully saturated rings. The van der Waals surface area contributed by atoms with Crippen LogP contribution in [0.4, 0.5) is 15.9 Å². The Morgan fingerprint density at radius 1 is 1.21 bits per heavy atom. The summed E-state index contributed by atoms with van der Waals surface area (Å²) in [6, 6.07) is 7.95. The van der Waals surface area contributed by atoms with E-state index in [4.69, 9.17) is 20.4 Å². The summed E-state index contributed by atoms with van der Waals surface area (Å²) in [6.07, 6.45) is 11.2. The van der Waals surface area contributed by atoms with Crippen molar-refractivity contribution < 1.29 is 9.13 Å². The molecule has 2 saturated heterocycles. The summed E-state index contributed by atoms with van der Waals surface area (Å²) in [5.41, 5.74) is 12.0. The number of hydrogen-bond acceptors (Lipinski definition) is 7. The van der Waals surface area contributed by atoms with Gasteiger partial charge in [-0.05, 0) is 93.9 Å². The lowest BCUT2D eigenvalue weighted by Crippen LogP contribution is -2.39. The third kappa shape index (κ3) is 5.70. The van der Waals surface area contributed by atoms with Crippen LogP contribution in [0.3, 0.4) is 0 Å². The second-order valence-electron chi connectivity index (χ2n) is 11.7. The van der Waals surface area contributed by atoms with Gasteiger partial charge in [0.15, 0.2) is 0 Å². The molecule has 0 bridgehead atoms. The number of methoxy groups -OCH3 is 1. The summed E-state index contributed by atoms with van der Waals surface area (Å²) >= 11 is 0. The van der Waals surface area contributed by atoms with E-state index in [9.17, 15) is 9.65 Å². The summed E-state index contributed by atoms with van der Waals surface area (Å²) in [5, 5.41) is 9.83. The first-order valence-electron chi connectivity index (χ1n) is 14.8. The number of nitrogen functional groups attached to an aromatic ring is 1. The number of nitriles is 1. The molecule has 4 aliphatic rings. The quantitative estimate of drug-likeness (QED) is 0.500. The van der Waals surface area contributed by atoms with Gasteiger partial charge in [0.2, 0.25) is 0 Å². The molecule has 3 atom stereocenters. The van der Waals surface area contributed by atoms with Crippen LogP contribution < -0.4 is 15.4 Å². The third-order valence-electron chi connectivity index (χ3n) is 9.24. The molecule has 8 heteroatoms. The lowest BCUT2D eigenvalue weighted by Gasteiger charge is -2.38. The molecule has 0 spiro atoms. The topological polar surface area (TPSA) is 91.3 Å². The van der Waals surface area contributed by atoms with Gasteiger partial charge < -0.3 is 15.4 Å². The Hall–Kier alpha value is -2.92. The van der Waals surface area contributed by atoms with Crippen molar-refractivity contribution in [2.75, 3.05) is 37.9 Å². The smallest absolute Gasteiger partial charge is 0.318 e.